The summed E-state index contributed by atoms with van der Waals surface area (Å²) in [7, 11) is 0. The summed E-state index contributed by atoms with van der Waals surface area (Å²) in [5, 5.41) is 7.26. The van der Waals surface area contributed by atoms with Gasteiger partial charge in [-0.2, -0.15) is 0 Å². The van der Waals surface area contributed by atoms with Crippen LogP contribution in [0.2, 0.25) is 0 Å². The molecule has 6 nitrogen and oxygen atoms in total. The van der Waals surface area contributed by atoms with E-state index in [1.165, 1.54) is 10.9 Å². The van der Waals surface area contributed by atoms with Crippen molar-refractivity contribution in [2.45, 2.75) is 32.9 Å². The van der Waals surface area contributed by atoms with Crippen LogP contribution in [0.3, 0.4) is 0 Å². The normalized spacial score (nSPS) is 11.6. The molecule has 0 saturated carbocycles. The zero-order valence-corrected chi connectivity index (χ0v) is 14.6. The fraction of sp³-hybridized carbons (Fsp3) is 0.500. The number of alkyl carbamates (subject to hydrolysis) is 1. The Kier molecular flexibility index (Phi) is 6.63. The number of fused-ring (bicyclic) bond motifs is 1. The molecule has 0 aliphatic rings. The average molecular weight is 333 g/mol. The molecule has 0 fully saturated rings. The molecule has 3 N–H and O–H groups in total. The Bertz CT molecular complexity index is 646. The lowest BCUT2D eigenvalue weighted by Gasteiger charge is -2.19. The van der Waals surface area contributed by atoms with E-state index in [2.05, 4.69) is 27.8 Å². The van der Waals surface area contributed by atoms with E-state index >= 15 is 0 Å². The zero-order chi connectivity index (χ0) is 17.4. The lowest BCUT2D eigenvalue weighted by Crippen LogP contribution is -2.34. The molecule has 0 bridgehead atoms. The SMILES string of the molecule is CC(C)(C)OC(=O)NCCOCCNCc1c[nH]c2ccccc12. The molecule has 0 unspecified atom stereocenters. The molecule has 0 radical (unpaired) electrons. The summed E-state index contributed by atoms with van der Waals surface area (Å²) in [6, 6.07) is 8.25. The van der Waals surface area contributed by atoms with Gasteiger partial charge in [-0.3, -0.25) is 0 Å². The molecule has 1 aromatic carbocycles. The Hall–Kier alpha value is -2.05. The van der Waals surface area contributed by atoms with Crippen LogP contribution in [-0.2, 0) is 16.0 Å². The van der Waals surface area contributed by atoms with E-state index in [-0.39, 0.29) is 0 Å². The summed E-state index contributed by atoms with van der Waals surface area (Å²) < 4.78 is 10.6. The van der Waals surface area contributed by atoms with Crippen molar-refractivity contribution < 1.29 is 14.3 Å². The average Bonchev–Trinajstić information content (AvgIpc) is 2.91. The summed E-state index contributed by atoms with van der Waals surface area (Å²) in [6.45, 7) is 8.56. The topological polar surface area (TPSA) is 75.4 Å². The first kappa shape index (κ1) is 18.3. The first-order chi connectivity index (χ1) is 11.5. The second-order valence-corrected chi connectivity index (χ2v) is 6.58. The largest absolute Gasteiger partial charge is 0.444 e. The molecule has 24 heavy (non-hydrogen) atoms. The molecular formula is C18H27N3O3. The summed E-state index contributed by atoms with van der Waals surface area (Å²) in [4.78, 5) is 14.7. The summed E-state index contributed by atoms with van der Waals surface area (Å²) in [5.41, 5.74) is 1.92. The quantitative estimate of drug-likeness (QED) is 0.649. The maximum atomic E-state index is 11.4. The molecule has 1 amide bonds. The van der Waals surface area contributed by atoms with Crippen molar-refractivity contribution in [3.8, 4) is 0 Å². The molecular weight excluding hydrogens is 306 g/mol. The van der Waals surface area contributed by atoms with Gasteiger partial charge in [0.2, 0.25) is 0 Å². The maximum absolute atomic E-state index is 11.4. The number of amides is 1. The molecule has 0 atom stereocenters. The third-order valence-electron chi connectivity index (χ3n) is 3.33. The van der Waals surface area contributed by atoms with Gasteiger partial charge in [-0.15, -0.1) is 0 Å². The van der Waals surface area contributed by atoms with Crippen molar-refractivity contribution in [3.05, 3.63) is 36.0 Å². The third kappa shape index (κ3) is 6.22. The molecule has 1 aromatic heterocycles. The predicted molar refractivity (Wildman–Crippen MR) is 95.1 cm³/mol. The number of carbonyl (C=O) groups is 1. The fourth-order valence-corrected chi connectivity index (χ4v) is 2.29. The summed E-state index contributed by atoms with van der Waals surface area (Å²) in [6.07, 6.45) is 1.62. The van der Waals surface area contributed by atoms with Gasteiger partial charge in [0, 0.05) is 36.7 Å². The second-order valence-electron chi connectivity index (χ2n) is 6.58. The minimum Gasteiger partial charge on any atom is -0.444 e. The van der Waals surface area contributed by atoms with Gasteiger partial charge >= 0.3 is 6.09 Å². The molecule has 0 saturated heterocycles. The van der Waals surface area contributed by atoms with Crippen LogP contribution in [0.4, 0.5) is 4.79 Å². The summed E-state index contributed by atoms with van der Waals surface area (Å²) in [5.74, 6) is 0. The van der Waals surface area contributed by atoms with E-state index in [0.29, 0.717) is 19.8 Å². The molecule has 0 spiro atoms. The smallest absolute Gasteiger partial charge is 0.407 e. The maximum Gasteiger partial charge on any atom is 0.407 e. The number of hydrogen-bond acceptors (Lipinski definition) is 4. The van der Waals surface area contributed by atoms with E-state index in [4.69, 9.17) is 9.47 Å². The molecule has 1 heterocycles. The van der Waals surface area contributed by atoms with Crippen molar-refractivity contribution in [2.75, 3.05) is 26.3 Å². The highest BCUT2D eigenvalue weighted by Crippen LogP contribution is 2.17. The van der Waals surface area contributed by atoms with Crippen molar-refractivity contribution in [1.82, 2.24) is 15.6 Å². The lowest BCUT2D eigenvalue weighted by molar-refractivity contribution is 0.0500. The number of nitrogens with one attached hydrogen (secondary N) is 3. The van der Waals surface area contributed by atoms with Crippen molar-refractivity contribution in [1.29, 1.82) is 0 Å². The minimum atomic E-state index is -0.475. The number of rotatable bonds is 8. The van der Waals surface area contributed by atoms with Crippen LogP contribution in [0.1, 0.15) is 26.3 Å². The van der Waals surface area contributed by atoms with E-state index < -0.39 is 11.7 Å². The number of hydrogen-bond donors (Lipinski definition) is 3. The number of para-hydroxylation sites is 1. The van der Waals surface area contributed by atoms with Crippen molar-refractivity contribution in [3.63, 3.8) is 0 Å². The Morgan fingerprint density at radius 2 is 1.92 bits per heavy atom. The van der Waals surface area contributed by atoms with Crippen molar-refractivity contribution >= 4 is 17.0 Å². The number of benzene rings is 1. The van der Waals surface area contributed by atoms with Gasteiger partial charge in [-0.1, -0.05) is 18.2 Å². The molecule has 0 aliphatic heterocycles. The van der Waals surface area contributed by atoms with E-state index in [1.54, 1.807) is 0 Å². The van der Waals surface area contributed by atoms with Gasteiger partial charge in [0.25, 0.3) is 0 Å². The predicted octanol–water partition coefficient (Wildman–Crippen LogP) is 2.80. The Morgan fingerprint density at radius 1 is 1.17 bits per heavy atom. The van der Waals surface area contributed by atoms with Crippen molar-refractivity contribution in [2.24, 2.45) is 0 Å². The number of H-pyrrole nitrogens is 1. The molecule has 2 rings (SSSR count). The van der Waals surface area contributed by atoms with Crippen LogP contribution >= 0.6 is 0 Å². The van der Waals surface area contributed by atoms with Gasteiger partial charge in [-0.25, -0.2) is 4.79 Å². The zero-order valence-electron chi connectivity index (χ0n) is 14.6. The number of aromatic nitrogens is 1. The highest BCUT2D eigenvalue weighted by molar-refractivity contribution is 5.82. The number of ether oxygens (including phenoxy) is 2. The highest BCUT2D eigenvalue weighted by Gasteiger charge is 2.15. The number of aromatic amines is 1. The Balaban J connectivity index is 1.52. The van der Waals surface area contributed by atoms with Gasteiger partial charge in [0.15, 0.2) is 0 Å². The first-order valence-electron chi connectivity index (χ1n) is 8.26. The Morgan fingerprint density at radius 3 is 2.71 bits per heavy atom. The van der Waals surface area contributed by atoms with E-state index in [1.807, 2.05) is 39.1 Å². The second kappa shape index (κ2) is 8.70. The monoisotopic (exact) mass is 333 g/mol. The standard InChI is InChI=1S/C18H27N3O3/c1-18(2,3)24-17(22)20-9-11-23-10-8-19-12-14-13-21-16-7-5-4-6-15(14)16/h4-7,13,19,21H,8-12H2,1-3H3,(H,20,22). The molecule has 2 aromatic rings. The highest BCUT2D eigenvalue weighted by atomic mass is 16.6. The van der Waals surface area contributed by atoms with Gasteiger partial charge < -0.3 is 25.1 Å². The third-order valence-corrected chi connectivity index (χ3v) is 3.33. The van der Waals surface area contributed by atoms with Crippen LogP contribution in [0, 0.1) is 0 Å². The molecule has 132 valence electrons. The van der Waals surface area contributed by atoms with Crippen LogP contribution < -0.4 is 10.6 Å². The van der Waals surface area contributed by atoms with Crippen LogP contribution in [0.5, 0.6) is 0 Å². The Labute approximate surface area is 142 Å². The minimum absolute atomic E-state index is 0.413. The van der Waals surface area contributed by atoms with Crippen LogP contribution in [-0.4, -0.2) is 43.0 Å². The van der Waals surface area contributed by atoms with Crippen LogP contribution in [0.25, 0.3) is 10.9 Å². The van der Waals surface area contributed by atoms with E-state index in [9.17, 15) is 4.79 Å². The van der Waals surface area contributed by atoms with Crippen LogP contribution in [0.15, 0.2) is 30.5 Å². The van der Waals surface area contributed by atoms with Gasteiger partial charge in [0.05, 0.1) is 13.2 Å². The van der Waals surface area contributed by atoms with Gasteiger partial charge in [-0.05, 0) is 32.4 Å². The molecule has 6 heteroatoms. The van der Waals surface area contributed by atoms with E-state index in [0.717, 1.165) is 18.6 Å². The summed E-state index contributed by atoms with van der Waals surface area (Å²) >= 11 is 0. The number of carbonyl (C=O) groups excluding carboxylic acids is 1. The van der Waals surface area contributed by atoms with Gasteiger partial charge in [0.1, 0.15) is 5.60 Å². The molecule has 0 aliphatic carbocycles. The fourth-order valence-electron chi connectivity index (χ4n) is 2.29. The first-order valence-corrected chi connectivity index (χ1v) is 8.26. The lowest BCUT2D eigenvalue weighted by atomic mass is 10.2.